The number of alkyl halides is 1. The minimum atomic E-state index is 0.464. The molecule has 4 heteroatoms. The maximum Gasteiger partial charge on any atom is 0.0629 e. The van der Waals surface area contributed by atoms with E-state index in [1.807, 2.05) is 6.07 Å². The van der Waals surface area contributed by atoms with Crippen molar-refractivity contribution in [3.05, 3.63) is 29.0 Å². The summed E-state index contributed by atoms with van der Waals surface area (Å²) in [5, 5.41) is 1.20. The first-order valence-corrected chi connectivity index (χ1v) is 5.96. The van der Waals surface area contributed by atoms with Gasteiger partial charge in [0.15, 0.2) is 0 Å². The molecule has 0 fully saturated rings. The first kappa shape index (κ1) is 11.2. The van der Waals surface area contributed by atoms with Gasteiger partial charge in [0, 0.05) is 29.3 Å². The molecule has 0 aromatic carbocycles. The fraction of sp³-hybridized carbons (Fsp3) is 0.444. The third-order valence-electron chi connectivity index (χ3n) is 1.60. The second-order valence-corrected chi connectivity index (χ2v) is 4.89. The van der Waals surface area contributed by atoms with E-state index in [0.29, 0.717) is 11.1 Å². The van der Waals surface area contributed by atoms with Crippen LogP contribution in [0.3, 0.4) is 0 Å². The van der Waals surface area contributed by atoms with E-state index in [0.717, 1.165) is 16.3 Å². The molecular formula is C9H11Cl2NS. The van der Waals surface area contributed by atoms with Crippen molar-refractivity contribution >= 4 is 35.0 Å². The molecule has 72 valence electrons. The summed E-state index contributed by atoms with van der Waals surface area (Å²) in [5.74, 6) is 1.57. The van der Waals surface area contributed by atoms with Crippen molar-refractivity contribution in [2.24, 2.45) is 0 Å². The third kappa shape index (κ3) is 3.75. The van der Waals surface area contributed by atoms with Gasteiger partial charge in [-0.1, -0.05) is 18.5 Å². The lowest BCUT2D eigenvalue weighted by molar-refractivity contribution is 1.12. The van der Waals surface area contributed by atoms with E-state index in [-0.39, 0.29) is 0 Å². The molecular weight excluding hydrogens is 225 g/mol. The molecule has 0 spiro atoms. The van der Waals surface area contributed by atoms with Gasteiger partial charge < -0.3 is 0 Å². The zero-order chi connectivity index (χ0) is 9.68. The molecule has 0 aliphatic rings. The number of halogens is 2. The summed E-state index contributed by atoms with van der Waals surface area (Å²) < 4.78 is 0. The maximum atomic E-state index is 5.94. The monoisotopic (exact) mass is 235 g/mol. The van der Waals surface area contributed by atoms with Crippen LogP contribution < -0.4 is 0 Å². The molecule has 1 unspecified atom stereocenters. The Labute approximate surface area is 92.8 Å². The van der Waals surface area contributed by atoms with Gasteiger partial charge in [-0.15, -0.1) is 11.6 Å². The highest BCUT2D eigenvalue weighted by molar-refractivity contribution is 7.99. The van der Waals surface area contributed by atoms with Crippen LogP contribution in [0.5, 0.6) is 0 Å². The van der Waals surface area contributed by atoms with Crippen LogP contribution in [-0.4, -0.2) is 16.1 Å². The number of rotatable bonds is 4. The van der Waals surface area contributed by atoms with Crippen LogP contribution in [0.4, 0.5) is 0 Å². The first-order valence-electron chi connectivity index (χ1n) is 4.00. The number of nitrogens with zero attached hydrogens (tertiary/aromatic N) is 1. The molecule has 1 nitrogen and oxygen atoms in total. The van der Waals surface area contributed by atoms with Crippen molar-refractivity contribution in [1.29, 1.82) is 0 Å². The predicted molar refractivity (Wildman–Crippen MR) is 60.7 cm³/mol. The molecule has 0 bridgehead atoms. The summed E-state index contributed by atoms with van der Waals surface area (Å²) in [4.78, 5) is 3.92. The molecule has 0 radical (unpaired) electrons. The summed E-state index contributed by atoms with van der Waals surface area (Å²) in [5.41, 5.74) is 1.12. The molecule has 1 rings (SSSR count). The molecule has 0 amide bonds. The van der Waals surface area contributed by atoms with Crippen molar-refractivity contribution in [3.63, 3.8) is 0 Å². The van der Waals surface area contributed by atoms with Gasteiger partial charge >= 0.3 is 0 Å². The van der Waals surface area contributed by atoms with E-state index in [9.17, 15) is 0 Å². The van der Waals surface area contributed by atoms with Crippen molar-refractivity contribution in [2.45, 2.75) is 17.9 Å². The summed E-state index contributed by atoms with van der Waals surface area (Å²) in [7, 11) is 0. The van der Waals surface area contributed by atoms with Crippen molar-refractivity contribution in [2.75, 3.05) is 5.88 Å². The fourth-order valence-electron chi connectivity index (χ4n) is 0.798. The van der Waals surface area contributed by atoms with Gasteiger partial charge in [0.1, 0.15) is 0 Å². The van der Waals surface area contributed by atoms with Crippen LogP contribution in [0.2, 0.25) is 5.02 Å². The molecule has 1 atom stereocenters. The van der Waals surface area contributed by atoms with E-state index >= 15 is 0 Å². The molecule has 1 heterocycles. The summed E-state index contributed by atoms with van der Waals surface area (Å²) in [6.45, 7) is 2.10. The Morgan fingerprint density at radius 3 is 3.00 bits per heavy atom. The number of hydrogen-bond acceptors (Lipinski definition) is 2. The lowest BCUT2D eigenvalue weighted by Gasteiger charge is -2.07. The molecule has 0 N–H and O–H groups in total. The highest BCUT2D eigenvalue weighted by Gasteiger charge is 2.03. The SMILES string of the molecule is CC(CCl)SCc1ccncc1Cl. The van der Waals surface area contributed by atoms with Crippen LogP contribution in [0.1, 0.15) is 12.5 Å². The van der Waals surface area contributed by atoms with Gasteiger partial charge in [-0.25, -0.2) is 0 Å². The average molecular weight is 236 g/mol. The van der Waals surface area contributed by atoms with Gasteiger partial charge in [-0.2, -0.15) is 11.8 Å². The summed E-state index contributed by atoms with van der Waals surface area (Å²) in [6.07, 6.45) is 3.43. The standard InChI is InChI=1S/C9H11Cl2NS/c1-7(4-10)13-6-8-2-3-12-5-9(8)11/h2-3,5,7H,4,6H2,1H3. The van der Waals surface area contributed by atoms with E-state index in [1.165, 1.54) is 0 Å². The van der Waals surface area contributed by atoms with Gasteiger partial charge in [-0.3, -0.25) is 4.98 Å². The number of aromatic nitrogens is 1. The van der Waals surface area contributed by atoms with Crippen molar-refractivity contribution < 1.29 is 0 Å². The Kier molecular flexibility index (Phi) is 4.92. The Morgan fingerprint density at radius 2 is 2.38 bits per heavy atom. The van der Waals surface area contributed by atoms with Gasteiger partial charge in [0.2, 0.25) is 0 Å². The van der Waals surface area contributed by atoms with Crippen LogP contribution >= 0.6 is 35.0 Å². The molecule has 1 aromatic rings. The Bertz CT molecular complexity index is 268. The molecule has 0 saturated carbocycles. The Hall–Kier alpha value is 0.0800. The number of thioether (sulfide) groups is 1. The number of hydrogen-bond donors (Lipinski definition) is 0. The van der Waals surface area contributed by atoms with Gasteiger partial charge in [0.25, 0.3) is 0 Å². The van der Waals surface area contributed by atoms with Crippen molar-refractivity contribution in [1.82, 2.24) is 4.98 Å². The van der Waals surface area contributed by atoms with Crippen LogP contribution in [0.25, 0.3) is 0 Å². The van der Waals surface area contributed by atoms with Crippen LogP contribution in [0.15, 0.2) is 18.5 Å². The van der Waals surface area contributed by atoms with E-state index in [4.69, 9.17) is 23.2 Å². The van der Waals surface area contributed by atoms with Gasteiger partial charge in [0.05, 0.1) is 5.02 Å². The van der Waals surface area contributed by atoms with Crippen LogP contribution in [-0.2, 0) is 5.75 Å². The minimum Gasteiger partial charge on any atom is -0.263 e. The van der Waals surface area contributed by atoms with Gasteiger partial charge in [-0.05, 0) is 11.6 Å². The maximum absolute atomic E-state index is 5.94. The molecule has 1 aromatic heterocycles. The Morgan fingerprint density at radius 1 is 1.62 bits per heavy atom. The second kappa shape index (κ2) is 5.74. The summed E-state index contributed by atoms with van der Waals surface area (Å²) >= 11 is 13.4. The lowest BCUT2D eigenvalue weighted by Crippen LogP contribution is -1.98. The first-order chi connectivity index (χ1) is 6.24. The lowest BCUT2D eigenvalue weighted by atomic mass is 10.3. The fourth-order valence-corrected chi connectivity index (χ4v) is 2.14. The van der Waals surface area contributed by atoms with E-state index in [1.54, 1.807) is 24.2 Å². The molecule has 0 aliphatic heterocycles. The minimum absolute atomic E-state index is 0.464. The largest absolute Gasteiger partial charge is 0.263 e. The topological polar surface area (TPSA) is 12.9 Å². The molecule has 13 heavy (non-hydrogen) atoms. The molecule has 0 aliphatic carbocycles. The Balaban J connectivity index is 2.50. The quantitative estimate of drug-likeness (QED) is 0.741. The third-order valence-corrected chi connectivity index (χ3v) is 3.80. The average Bonchev–Trinajstić information content (AvgIpc) is 2.16. The molecule has 0 saturated heterocycles. The van der Waals surface area contributed by atoms with Crippen LogP contribution in [0, 0.1) is 0 Å². The second-order valence-electron chi connectivity index (χ2n) is 2.74. The number of pyridine rings is 1. The van der Waals surface area contributed by atoms with Crippen molar-refractivity contribution in [3.8, 4) is 0 Å². The smallest absolute Gasteiger partial charge is 0.0629 e. The van der Waals surface area contributed by atoms with E-state index < -0.39 is 0 Å². The highest BCUT2D eigenvalue weighted by atomic mass is 35.5. The normalized spacial score (nSPS) is 12.8. The highest BCUT2D eigenvalue weighted by Crippen LogP contribution is 2.22. The zero-order valence-electron chi connectivity index (χ0n) is 7.34. The summed E-state index contributed by atoms with van der Waals surface area (Å²) in [6, 6.07) is 1.94. The van der Waals surface area contributed by atoms with E-state index in [2.05, 4.69) is 11.9 Å². The zero-order valence-corrected chi connectivity index (χ0v) is 9.66. The predicted octanol–water partition coefficient (Wildman–Crippen LogP) is 3.60.